The SMILES string of the molecule is NNc1cc(Nc2ccc(Cl)c(Br)c2)ncn1. The van der Waals surface area contributed by atoms with E-state index in [1.54, 1.807) is 12.1 Å². The molecule has 2 rings (SSSR count). The van der Waals surface area contributed by atoms with Crippen LogP contribution in [-0.4, -0.2) is 9.97 Å². The van der Waals surface area contributed by atoms with Gasteiger partial charge >= 0.3 is 0 Å². The molecule has 0 atom stereocenters. The molecule has 0 saturated heterocycles. The van der Waals surface area contributed by atoms with Crippen LogP contribution in [0.5, 0.6) is 0 Å². The van der Waals surface area contributed by atoms with E-state index in [2.05, 4.69) is 36.6 Å². The highest BCUT2D eigenvalue weighted by molar-refractivity contribution is 9.10. The molecule has 5 nitrogen and oxygen atoms in total. The Morgan fingerprint density at radius 3 is 2.65 bits per heavy atom. The molecular weight excluding hydrogens is 306 g/mol. The predicted molar refractivity (Wildman–Crippen MR) is 72.3 cm³/mol. The molecule has 0 spiro atoms. The van der Waals surface area contributed by atoms with Gasteiger partial charge in [0.2, 0.25) is 0 Å². The van der Waals surface area contributed by atoms with Crippen LogP contribution in [0.2, 0.25) is 5.02 Å². The number of hydrazine groups is 1. The minimum atomic E-state index is 0.538. The van der Waals surface area contributed by atoms with Gasteiger partial charge in [0, 0.05) is 16.2 Å². The van der Waals surface area contributed by atoms with Crippen LogP contribution in [0, 0.1) is 0 Å². The maximum atomic E-state index is 5.90. The van der Waals surface area contributed by atoms with E-state index in [-0.39, 0.29) is 0 Å². The summed E-state index contributed by atoms with van der Waals surface area (Å²) in [5.41, 5.74) is 3.32. The van der Waals surface area contributed by atoms with Crippen molar-refractivity contribution in [3.8, 4) is 0 Å². The molecule has 0 aliphatic carbocycles. The molecule has 4 N–H and O–H groups in total. The van der Waals surface area contributed by atoms with Crippen molar-refractivity contribution in [2.75, 3.05) is 10.7 Å². The molecular formula is C10H9BrClN5. The van der Waals surface area contributed by atoms with Gasteiger partial charge in [-0.05, 0) is 34.1 Å². The predicted octanol–water partition coefficient (Wildman–Crippen LogP) is 2.92. The zero-order valence-corrected chi connectivity index (χ0v) is 11.0. The van der Waals surface area contributed by atoms with Gasteiger partial charge < -0.3 is 10.7 Å². The number of hydrogen-bond donors (Lipinski definition) is 3. The third-order valence-electron chi connectivity index (χ3n) is 2.01. The summed E-state index contributed by atoms with van der Waals surface area (Å²) in [6, 6.07) is 7.20. The molecule has 0 aliphatic heterocycles. The quantitative estimate of drug-likeness (QED) is 0.600. The zero-order chi connectivity index (χ0) is 12.3. The van der Waals surface area contributed by atoms with Crippen molar-refractivity contribution in [3.05, 3.63) is 40.1 Å². The van der Waals surface area contributed by atoms with Crippen molar-refractivity contribution in [2.45, 2.75) is 0 Å². The molecule has 1 heterocycles. The number of halogens is 2. The number of aromatic nitrogens is 2. The molecule has 7 heteroatoms. The maximum Gasteiger partial charge on any atom is 0.145 e. The lowest BCUT2D eigenvalue weighted by molar-refractivity contribution is 1.14. The van der Waals surface area contributed by atoms with Crippen LogP contribution >= 0.6 is 27.5 Å². The van der Waals surface area contributed by atoms with Gasteiger partial charge in [0.15, 0.2) is 0 Å². The van der Waals surface area contributed by atoms with Crippen LogP contribution in [-0.2, 0) is 0 Å². The van der Waals surface area contributed by atoms with E-state index in [0.29, 0.717) is 16.7 Å². The third-order valence-corrected chi connectivity index (χ3v) is 3.22. The number of benzene rings is 1. The minimum Gasteiger partial charge on any atom is -0.340 e. The number of anilines is 3. The van der Waals surface area contributed by atoms with Crippen LogP contribution in [0.4, 0.5) is 17.3 Å². The second-order valence-electron chi connectivity index (χ2n) is 3.19. The lowest BCUT2D eigenvalue weighted by Gasteiger charge is -2.07. The highest BCUT2D eigenvalue weighted by atomic mass is 79.9. The van der Waals surface area contributed by atoms with Crippen molar-refractivity contribution in [1.82, 2.24) is 9.97 Å². The highest BCUT2D eigenvalue weighted by Crippen LogP contribution is 2.27. The smallest absolute Gasteiger partial charge is 0.145 e. The van der Waals surface area contributed by atoms with Crippen LogP contribution in [0.25, 0.3) is 0 Å². The summed E-state index contributed by atoms with van der Waals surface area (Å²) in [7, 11) is 0. The molecule has 0 aliphatic rings. The molecule has 17 heavy (non-hydrogen) atoms. The molecule has 0 unspecified atom stereocenters. The number of nitrogen functional groups attached to an aromatic ring is 1. The number of nitrogens with two attached hydrogens (primary N) is 1. The molecule has 1 aromatic carbocycles. The Balaban J connectivity index is 2.22. The van der Waals surface area contributed by atoms with E-state index in [1.165, 1.54) is 6.33 Å². The lowest BCUT2D eigenvalue weighted by atomic mass is 10.3. The molecule has 0 amide bonds. The van der Waals surface area contributed by atoms with Gasteiger partial charge in [-0.1, -0.05) is 11.6 Å². The fourth-order valence-corrected chi connectivity index (χ4v) is 1.72. The molecule has 0 radical (unpaired) electrons. The van der Waals surface area contributed by atoms with E-state index >= 15 is 0 Å². The molecule has 2 aromatic rings. The van der Waals surface area contributed by atoms with Crippen molar-refractivity contribution >= 4 is 44.9 Å². The average molecular weight is 315 g/mol. The summed E-state index contributed by atoms with van der Waals surface area (Å²) in [6.07, 6.45) is 1.42. The Hall–Kier alpha value is -1.37. The highest BCUT2D eigenvalue weighted by Gasteiger charge is 2.01. The van der Waals surface area contributed by atoms with Crippen LogP contribution in [0.15, 0.2) is 35.1 Å². The number of nitrogens with zero attached hydrogens (tertiary/aromatic N) is 2. The topological polar surface area (TPSA) is 75.9 Å². The normalized spacial score (nSPS) is 10.1. The summed E-state index contributed by atoms with van der Waals surface area (Å²) in [4.78, 5) is 7.98. The van der Waals surface area contributed by atoms with Crippen molar-refractivity contribution in [2.24, 2.45) is 5.84 Å². The largest absolute Gasteiger partial charge is 0.340 e. The summed E-state index contributed by atoms with van der Waals surface area (Å²) >= 11 is 9.25. The first-order chi connectivity index (χ1) is 8.19. The summed E-state index contributed by atoms with van der Waals surface area (Å²) in [6.45, 7) is 0. The first-order valence-corrected chi connectivity index (χ1v) is 5.87. The Kier molecular flexibility index (Phi) is 3.78. The fourth-order valence-electron chi connectivity index (χ4n) is 1.23. The molecule has 1 aromatic heterocycles. The number of hydrogen-bond acceptors (Lipinski definition) is 5. The summed E-state index contributed by atoms with van der Waals surface area (Å²) in [5, 5.41) is 3.77. The van der Waals surface area contributed by atoms with E-state index < -0.39 is 0 Å². The standard InChI is InChI=1S/C10H9BrClN5/c11-7-3-6(1-2-8(7)12)16-9-4-10(17-13)15-5-14-9/h1-5H,13H2,(H2,14,15,16,17). The number of rotatable bonds is 3. The second-order valence-corrected chi connectivity index (χ2v) is 4.45. The Morgan fingerprint density at radius 2 is 1.94 bits per heavy atom. The molecule has 88 valence electrons. The summed E-state index contributed by atoms with van der Waals surface area (Å²) < 4.78 is 0.815. The van der Waals surface area contributed by atoms with Crippen molar-refractivity contribution < 1.29 is 0 Å². The molecule has 0 bridgehead atoms. The van der Waals surface area contributed by atoms with E-state index in [9.17, 15) is 0 Å². The maximum absolute atomic E-state index is 5.90. The van der Waals surface area contributed by atoms with Crippen molar-refractivity contribution in [3.63, 3.8) is 0 Å². The van der Waals surface area contributed by atoms with Gasteiger partial charge in [-0.25, -0.2) is 15.8 Å². The van der Waals surface area contributed by atoms with E-state index in [0.717, 1.165) is 10.2 Å². The van der Waals surface area contributed by atoms with Gasteiger partial charge in [-0.2, -0.15) is 0 Å². The van der Waals surface area contributed by atoms with E-state index in [1.807, 2.05) is 12.1 Å². The van der Waals surface area contributed by atoms with Crippen LogP contribution in [0.3, 0.4) is 0 Å². The van der Waals surface area contributed by atoms with Crippen LogP contribution in [0.1, 0.15) is 0 Å². The van der Waals surface area contributed by atoms with Gasteiger partial charge in [-0.15, -0.1) is 0 Å². The summed E-state index contributed by atoms with van der Waals surface area (Å²) in [5.74, 6) is 6.44. The van der Waals surface area contributed by atoms with Gasteiger partial charge in [0.25, 0.3) is 0 Å². The van der Waals surface area contributed by atoms with Gasteiger partial charge in [-0.3, -0.25) is 0 Å². The fraction of sp³-hybridized carbons (Fsp3) is 0. The number of nitrogens with one attached hydrogen (secondary N) is 2. The Labute approximate surface area is 112 Å². The Morgan fingerprint density at radius 1 is 1.18 bits per heavy atom. The van der Waals surface area contributed by atoms with E-state index in [4.69, 9.17) is 17.4 Å². The lowest BCUT2D eigenvalue weighted by Crippen LogP contribution is -2.09. The third kappa shape index (κ3) is 3.06. The first-order valence-electron chi connectivity index (χ1n) is 4.70. The molecule has 0 fully saturated rings. The minimum absolute atomic E-state index is 0.538. The second kappa shape index (κ2) is 5.31. The molecule has 0 saturated carbocycles. The van der Waals surface area contributed by atoms with Crippen molar-refractivity contribution in [1.29, 1.82) is 0 Å². The average Bonchev–Trinajstić information content (AvgIpc) is 2.34. The first kappa shape index (κ1) is 12.1. The van der Waals surface area contributed by atoms with Gasteiger partial charge in [0.05, 0.1) is 5.02 Å². The zero-order valence-electron chi connectivity index (χ0n) is 8.61. The Bertz CT molecular complexity index is 534. The monoisotopic (exact) mass is 313 g/mol. The van der Waals surface area contributed by atoms with Gasteiger partial charge in [0.1, 0.15) is 18.0 Å². The van der Waals surface area contributed by atoms with Crippen LogP contribution < -0.4 is 16.6 Å².